The van der Waals surface area contributed by atoms with Crippen molar-refractivity contribution in [3.05, 3.63) is 0 Å². The number of hydrogen-bond acceptors (Lipinski definition) is 1. The minimum atomic E-state index is 0. The van der Waals surface area contributed by atoms with Crippen molar-refractivity contribution in [3.63, 3.8) is 0 Å². The molecule has 0 aromatic rings. The summed E-state index contributed by atoms with van der Waals surface area (Å²) in [5, 5.41) is 2.70. The van der Waals surface area contributed by atoms with Gasteiger partial charge in [-0.2, -0.15) is 0 Å². The second-order valence-corrected chi connectivity index (χ2v) is 2.95. The molecule has 0 aliphatic heterocycles. The van der Waals surface area contributed by atoms with E-state index >= 15 is 0 Å². The maximum Gasteiger partial charge on any atom is 0.222 e. The van der Waals surface area contributed by atoms with Gasteiger partial charge in [0.05, 0.1) is 0 Å². The third kappa shape index (κ3) is 3.10. The van der Waals surface area contributed by atoms with Gasteiger partial charge in [-0.15, -0.1) is 12.4 Å². The minimum absolute atomic E-state index is 0. The molecule has 0 atom stereocenters. The standard InChI is InChI=1S/C8H15NO.ClH/c1-9-8(10)7-5-3-2-4-6-7;/h7H,2-6H2,1H3,(H,9,10);1H. The molecule has 0 heterocycles. The van der Waals surface area contributed by atoms with Crippen LogP contribution in [0.1, 0.15) is 32.1 Å². The van der Waals surface area contributed by atoms with Gasteiger partial charge in [0, 0.05) is 13.0 Å². The Bertz CT molecular complexity index is 121. The van der Waals surface area contributed by atoms with E-state index in [9.17, 15) is 4.79 Å². The van der Waals surface area contributed by atoms with E-state index in [1.54, 1.807) is 7.05 Å². The van der Waals surface area contributed by atoms with Crippen LogP contribution in [0, 0.1) is 5.92 Å². The van der Waals surface area contributed by atoms with E-state index < -0.39 is 0 Å². The Hall–Kier alpha value is -0.240. The highest BCUT2D eigenvalue weighted by atomic mass is 35.5. The lowest BCUT2D eigenvalue weighted by molar-refractivity contribution is -0.125. The number of carbonyl (C=O) groups excluding carboxylic acids is 1. The molecule has 66 valence electrons. The van der Waals surface area contributed by atoms with E-state index in [2.05, 4.69) is 5.32 Å². The summed E-state index contributed by atoms with van der Waals surface area (Å²) in [5.41, 5.74) is 0. The molecule has 1 saturated carbocycles. The van der Waals surface area contributed by atoms with Crippen LogP contribution in [0.5, 0.6) is 0 Å². The lowest BCUT2D eigenvalue weighted by atomic mass is 9.89. The molecule has 1 amide bonds. The highest BCUT2D eigenvalue weighted by Crippen LogP contribution is 2.23. The average molecular weight is 178 g/mol. The predicted octanol–water partition coefficient (Wildman–Crippen LogP) is 1.73. The quantitative estimate of drug-likeness (QED) is 0.650. The number of hydrogen-bond donors (Lipinski definition) is 1. The van der Waals surface area contributed by atoms with Crippen molar-refractivity contribution >= 4 is 18.3 Å². The van der Waals surface area contributed by atoms with Crippen LogP contribution in [-0.2, 0) is 4.79 Å². The fourth-order valence-corrected chi connectivity index (χ4v) is 1.57. The van der Waals surface area contributed by atoms with Crippen LogP contribution >= 0.6 is 12.4 Å². The van der Waals surface area contributed by atoms with Gasteiger partial charge in [0.25, 0.3) is 0 Å². The first-order chi connectivity index (χ1) is 4.84. The molecular formula is C8H16ClNO. The number of carbonyl (C=O) groups is 1. The smallest absolute Gasteiger partial charge is 0.222 e. The van der Waals surface area contributed by atoms with Gasteiger partial charge in [-0.1, -0.05) is 19.3 Å². The Morgan fingerprint density at radius 1 is 1.27 bits per heavy atom. The summed E-state index contributed by atoms with van der Waals surface area (Å²) >= 11 is 0. The normalized spacial score (nSPS) is 18.6. The summed E-state index contributed by atoms with van der Waals surface area (Å²) in [6.07, 6.45) is 5.98. The Morgan fingerprint density at radius 3 is 2.27 bits per heavy atom. The van der Waals surface area contributed by atoms with Gasteiger partial charge in [-0.05, 0) is 12.8 Å². The summed E-state index contributed by atoms with van der Waals surface area (Å²) in [4.78, 5) is 11.1. The topological polar surface area (TPSA) is 29.1 Å². The summed E-state index contributed by atoms with van der Waals surface area (Å²) in [7, 11) is 1.72. The van der Waals surface area contributed by atoms with Crippen molar-refractivity contribution in [3.8, 4) is 0 Å². The van der Waals surface area contributed by atoms with Crippen LogP contribution < -0.4 is 5.32 Å². The first-order valence-corrected chi connectivity index (χ1v) is 4.06. The molecule has 1 N–H and O–H groups in total. The second-order valence-electron chi connectivity index (χ2n) is 2.95. The zero-order valence-electron chi connectivity index (χ0n) is 6.93. The Morgan fingerprint density at radius 2 is 1.82 bits per heavy atom. The molecule has 1 aliphatic rings. The number of halogens is 1. The molecular weight excluding hydrogens is 162 g/mol. The third-order valence-electron chi connectivity index (χ3n) is 2.22. The fraction of sp³-hybridized carbons (Fsp3) is 0.875. The number of amides is 1. The molecule has 1 fully saturated rings. The van der Waals surface area contributed by atoms with Gasteiger partial charge in [0.15, 0.2) is 0 Å². The number of nitrogens with one attached hydrogen (secondary N) is 1. The SMILES string of the molecule is CNC(=O)C1CCCCC1.Cl. The van der Waals surface area contributed by atoms with Gasteiger partial charge in [0.1, 0.15) is 0 Å². The molecule has 0 aromatic carbocycles. The van der Waals surface area contributed by atoms with E-state index in [0.717, 1.165) is 12.8 Å². The van der Waals surface area contributed by atoms with E-state index in [-0.39, 0.29) is 18.3 Å². The van der Waals surface area contributed by atoms with E-state index in [0.29, 0.717) is 5.92 Å². The van der Waals surface area contributed by atoms with Crippen LogP contribution in [0.15, 0.2) is 0 Å². The molecule has 0 unspecified atom stereocenters. The van der Waals surface area contributed by atoms with Gasteiger partial charge in [-0.25, -0.2) is 0 Å². The van der Waals surface area contributed by atoms with Crippen molar-refractivity contribution in [1.29, 1.82) is 0 Å². The highest BCUT2D eigenvalue weighted by Gasteiger charge is 2.19. The Balaban J connectivity index is 0.000001000. The molecule has 1 aliphatic carbocycles. The van der Waals surface area contributed by atoms with Crippen LogP contribution in [0.3, 0.4) is 0 Å². The highest BCUT2D eigenvalue weighted by molar-refractivity contribution is 5.85. The molecule has 1 rings (SSSR count). The second kappa shape index (κ2) is 5.42. The molecule has 3 heteroatoms. The van der Waals surface area contributed by atoms with Crippen molar-refractivity contribution in [2.24, 2.45) is 5.92 Å². The van der Waals surface area contributed by atoms with Crippen LogP contribution in [0.2, 0.25) is 0 Å². The molecule has 0 radical (unpaired) electrons. The summed E-state index contributed by atoms with van der Waals surface area (Å²) < 4.78 is 0. The van der Waals surface area contributed by atoms with Crippen molar-refractivity contribution in [2.75, 3.05) is 7.05 Å². The van der Waals surface area contributed by atoms with Crippen LogP contribution in [0.4, 0.5) is 0 Å². The predicted molar refractivity (Wildman–Crippen MR) is 47.9 cm³/mol. The molecule has 0 saturated heterocycles. The summed E-state index contributed by atoms with van der Waals surface area (Å²) in [5.74, 6) is 0.554. The first kappa shape index (κ1) is 10.8. The molecule has 0 aromatic heterocycles. The summed E-state index contributed by atoms with van der Waals surface area (Å²) in [6.45, 7) is 0. The van der Waals surface area contributed by atoms with Crippen LogP contribution in [-0.4, -0.2) is 13.0 Å². The first-order valence-electron chi connectivity index (χ1n) is 4.06. The van der Waals surface area contributed by atoms with E-state index in [1.807, 2.05) is 0 Å². The average Bonchev–Trinajstić information content (AvgIpc) is 2.05. The van der Waals surface area contributed by atoms with Gasteiger partial charge in [0.2, 0.25) is 5.91 Å². The third-order valence-corrected chi connectivity index (χ3v) is 2.22. The summed E-state index contributed by atoms with van der Waals surface area (Å²) in [6, 6.07) is 0. The van der Waals surface area contributed by atoms with Crippen LogP contribution in [0.25, 0.3) is 0 Å². The van der Waals surface area contributed by atoms with Gasteiger partial charge >= 0.3 is 0 Å². The molecule has 2 nitrogen and oxygen atoms in total. The molecule has 11 heavy (non-hydrogen) atoms. The number of rotatable bonds is 1. The van der Waals surface area contributed by atoms with Crippen molar-refractivity contribution in [1.82, 2.24) is 5.32 Å². The van der Waals surface area contributed by atoms with Crippen molar-refractivity contribution in [2.45, 2.75) is 32.1 Å². The monoisotopic (exact) mass is 177 g/mol. The zero-order chi connectivity index (χ0) is 7.40. The maximum absolute atomic E-state index is 11.1. The van der Waals surface area contributed by atoms with Crippen molar-refractivity contribution < 1.29 is 4.79 Å². The molecule has 0 spiro atoms. The fourth-order valence-electron chi connectivity index (χ4n) is 1.57. The zero-order valence-corrected chi connectivity index (χ0v) is 7.75. The van der Waals surface area contributed by atoms with E-state index in [1.165, 1.54) is 19.3 Å². The van der Waals surface area contributed by atoms with E-state index in [4.69, 9.17) is 0 Å². The Kier molecular flexibility index (Phi) is 5.30. The lowest BCUT2D eigenvalue weighted by Gasteiger charge is -2.19. The maximum atomic E-state index is 11.1. The molecule has 0 bridgehead atoms. The van der Waals surface area contributed by atoms with Gasteiger partial charge < -0.3 is 5.32 Å². The Labute approximate surface area is 74.2 Å². The van der Waals surface area contributed by atoms with Gasteiger partial charge in [-0.3, -0.25) is 4.79 Å². The minimum Gasteiger partial charge on any atom is -0.359 e. The largest absolute Gasteiger partial charge is 0.359 e. The lowest BCUT2D eigenvalue weighted by Crippen LogP contribution is -2.28.